The van der Waals surface area contributed by atoms with E-state index in [4.69, 9.17) is 5.73 Å². The Hall–Kier alpha value is -0.430. The Kier molecular flexibility index (Phi) is 3.87. The third-order valence-corrected chi connectivity index (χ3v) is 5.91. The Bertz CT molecular complexity index is 504. The fraction of sp³-hybridized carbons (Fsp3) is 0.455. The van der Waals surface area contributed by atoms with Crippen LogP contribution in [0.2, 0.25) is 0 Å². The van der Waals surface area contributed by atoms with E-state index >= 15 is 0 Å². The number of halogens is 1. The Morgan fingerprint density at radius 1 is 1.41 bits per heavy atom. The zero-order valence-electron chi connectivity index (χ0n) is 9.34. The van der Waals surface area contributed by atoms with E-state index in [2.05, 4.69) is 15.9 Å². The maximum absolute atomic E-state index is 12.4. The third kappa shape index (κ3) is 2.54. The molecule has 0 unspecified atom stereocenters. The van der Waals surface area contributed by atoms with Gasteiger partial charge in [0.2, 0.25) is 10.0 Å². The monoisotopic (exact) mass is 318 g/mol. The first-order chi connectivity index (χ1) is 8.05. The molecule has 0 radical (unpaired) electrons. The van der Waals surface area contributed by atoms with Gasteiger partial charge in [-0.2, -0.15) is 4.31 Å². The lowest BCUT2D eigenvalue weighted by molar-refractivity contribution is 0.459. The van der Waals surface area contributed by atoms with Gasteiger partial charge < -0.3 is 5.73 Å². The zero-order valence-corrected chi connectivity index (χ0v) is 11.7. The molecule has 1 saturated heterocycles. The molecule has 1 fully saturated rings. The van der Waals surface area contributed by atoms with E-state index in [0.29, 0.717) is 29.0 Å². The summed E-state index contributed by atoms with van der Waals surface area (Å²) in [6.45, 7) is 1.63. The van der Waals surface area contributed by atoms with Crippen LogP contribution in [-0.4, -0.2) is 32.4 Å². The summed E-state index contributed by atoms with van der Waals surface area (Å²) >= 11 is 3.28. The standard InChI is InChI=1S/C11H15BrN2O2S/c12-10-3-1-2-4-11(10)17(15,16)14-6-5-9(7-13)8-14/h1-4,9H,5-8,13H2/t9-/m1/s1. The summed E-state index contributed by atoms with van der Waals surface area (Å²) < 4.78 is 26.9. The summed E-state index contributed by atoms with van der Waals surface area (Å²) in [6, 6.07) is 6.89. The van der Waals surface area contributed by atoms with Crippen LogP contribution in [-0.2, 0) is 10.0 Å². The van der Waals surface area contributed by atoms with E-state index in [1.807, 2.05) is 0 Å². The smallest absolute Gasteiger partial charge is 0.244 e. The molecule has 1 aromatic carbocycles. The molecule has 17 heavy (non-hydrogen) atoms. The highest BCUT2D eigenvalue weighted by Gasteiger charge is 2.32. The van der Waals surface area contributed by atoms with Crippen molar-refractivity contribution < 1.29 is 8.42 Å². The van der Waals surface area contributed by atoms with Crippen LogP contribution in [0.1, 0.15) is 6.42 Å². The summed E-state index contributed by atoms with van der Waals surface area (Å²) in [5.41, 5.74) is 5.58. The molecule has 2 rings (SSSR count). The van der Waals surface area contributed by atoms with Crippen LogP contribution in [0.25, 0.3) is 0 Å². The average molecular weight is 319 g/mol. The minimum atomic E-state index is -3.38. The van der Waals surface area contributed by atoms with Crippen molar-refractivity contribution in [3.05, 3.63) is 28.7 Å². The molecular formula is C11H15BrN2O2S. The average Bonchev–Trinajstić information content (AvgIpc) is 2.78. The molecule has 0 aromatic heterocycles. The molecule has 0 amide bonds. The number of hydrogen-bond donors (Lipinski definition) is 1. The molecule has 4 nitrogen and oxygen atoms in total. The predicted octanol–water partition coefficient (Wildman–Crippen LogP) is 1.42. The molecule has 1 aromatic rings. The summed E-state index contributed by atoms with van der Waals surface area (Å²) in [6.07, 6.45) is 0.847. The first-order valence-electron chi connectivity index (χ1n) is 5.50. The van der Waals surface area contributed by atoms with E-state index in [9.17, 15) is 8.42 Å². The highest BCUT2D eigenvalue weighted by atomic mass is 79.9. The van der Waals surface area contributed by atoms with Crippen LogP contribution in [0.3, 0.4) is 0 Å². The first-order valence-corrected chi connectivity index (χ1v) is 7.73. The molecule has 6 heteroatoms. The Morgan fingerprint density at radius 2 is 2.12 bits per heavy atom. The topological polar surface area (TPSA) is 63.4 Å². The van der Waals surface area contributed by atoms with E-state index in [0.717, 1.165) is 6.42 Å². The normalized spacial score (nSPS) is 21.9. The molecule has 94 valence electrons. The minimum absolute atomic E-state index is 0.285. The second-order valence-electron chi connectivity index (χ2n) is 4.18. The maximum Gasteiger partial charge on any atom is 0.244 e. The SMILES string of the molecule is NC[C@H]1CCN(S(=O)(=O)c2ccccc2Br)C1. The molecule has 0 aliphatic carbocycles. The second-order valence-corrected chi connectivity index (χ2v) is 6.94. The molecule has 1 heterocycles. The number of hydrogen-bond acceptors (Lipinski definition) is 3. The van der Waals surface area contributed by atoms with Gasteiger partial charge in [-0.25, -0.2) is 8.42 Å². The van der Waals surface area contributed by atoms with Gasteiger partial charge in [0.05, 0.1) is 4.90 Å². The summed E-state index contributed by atoms with van der Waals surface area (Å²) in [7, 11) is -3.38. The number of benzene rings is 1. The van der Waals surface area contributed by atoms with Crippen molar-refractivity contribution in [1.29, 1.82) is 0 Å². The molecule has 1 aliphatic heterocycles. The number of rotatable bonds is 3. The van der Waals surface area contributed by atoms with Crippen LogP contribution < -0.4 is 5.73 Å². The Morgan fingerprint density at radius 3 is 2.71 bits per heavy atom. The molecule has 1 aliphatic rings. The molecule has 2 N–H and O–H groups in total. The van der Waals surface area contributed by atoms with Crippen molar-refractivity contribution in [1.82, 2.24) is 4.31 Å². The maximum atomic E-state index is 12.4. The van der Waals surface area contributed by atoms with E-state index in [-0.39, 0.29) is 5.92 Å². The quantitative estimate of drug-likeness (QED) is 0.916. The van der Waals surface area contributed by atoms with E-state index < -0.39 is 10.0 Å². The van der Waals surface area contributed by atoms with Crippen molar-refractivity contribution in [2.24, 2.45) is 11.7 Å². The summed E-state index contributed by atoms with van der Waals surface area (Å²) in [5.74, 6) is 0.285. The number of nitrogens with zero attached hydrogens (tertiary/aromatic N) is 1. The van der Waals surface area contributed by atoms with E-state index in [1.54, 1.807) is 24.3 Å². The molecule has 1 atom stereocenters. The van der Waals surface area contributed by atoms with Crippen LogP contribution in [0.4, 0.5) is 0 Å². The van der Waals surface area contributed by atoms with Gasteiger partial charge >= 0.3 is 0 Å². The third-order valence-electron chi connectivity index (χ3n) is 3.04. The molecular weight excluding hydrogens is 304 g/mol. The predicted molar refractivity (Wildman–Crippen MR) is 70.1 cm³/mol. The fourth-order valence-electron chi connectivity index (χ4n) is 2.00. The summed E-state index contributed by atoms with van der Waals surface area (Å²) in [5, 5.41) is 0. The van der Waals surface area contributed by atoms with Crippen molar-refractivity contribution in [2.45, 2.75) is 11.3 Å². The van der Waals surface area contributed by atoms with Crippen molar-refractivity contribution in [3.8, 4) is 0 Å². The fourth-order valence-corrected chi connectivity index (χ4v) is 4.50. The van der Waals surface area contributed by atoms with Gasteiger partial charge in [0.15, 0.2) is 0 Å². The van der Waals surface area contributed by atoms with Crippen molar-refractivity contribution in [3.63, 3.8) is 0 Å². The van der Waals surface area contributed by atoms with Gasteiger partial charge in [-0.05, 0) is 46.9 Å². The molecule has 0 saturated carbocycles. The van der Waals surface area contributed by atoms with Crippen molar-refractivity contribution >= 4 is 26.0 Å². The number of sulfonamides is 1. The number of nitrogens with two attached hydrogens (primary N) is 1. The van der Waals surface area contributed by atoms with Crippen LogP contribution >= 0.6 is 15.9 Å². The lowest BCUT2D eigenvalue weighted by Gasteiger charge is -2.17. The van der Waals surface area contributed by atoms with Gasteiger partial charge in [-0.3, -0.25) is 0 Å². The lowest BCUT2D eigenvalue weighted by Crippen LogP contribution is -2.30. The zero-order chi connectivity index (χ0) is 12.5. The van der Waals surface area contributed by atoms with Gasteiger partial charge in [-0.15, -0.1) is 0 Å². The Labute approximate surface area is 110 Å². The van der Waals surface area contributed by atoms with Gasteiger partial charge in [0.1, 0.15) is 0 Å². The van der Waals surface area contributed by atoms with E-state index in [1.165, 1.54) is 4.31 Å². The first kappa shape index (κ1) is 13.0. The largest absolute Gasteiger partial charge is 0.330 e. The van der Waals surface area contributed by atoms with Crippen LogP contribution in [0, 0.1) is 5.92 Å². The molecule has 0 spiro atoms. The highest BCUT2D eigenvalue weighted by Crippen LogP contribution is 2.28. The van der Waals surface area contributed by atoms with Gasteiger partial charge in [0, 0.05) is 17.6 Å². The van der Waals surface area contributed by atoms with Gasteiger partial charge in [0.25, 0.3) is 0 Å². The second kappa shape index (κ2) is 5.06. The lowest BCUT2D eigenvalue weighted by atomic mass is 10.1. The summed E-state index contributed by atoms with van der Waals surface area (Å²) in [4.78, 5) is 0.331. The highest BCUT2D eigenvalue weighted by molar-refractivity contribution is 9.10. The van der Waals surface area contributed by atoms with Gasteiger partial charge in [-0.1, -0.05) is 12.1 Å². The van der Waals surface area contributed by atoms with Crippen LogP contribution in [0.5, 0.6) is 0 Å². The Balaban J connectivity index is 2.29. The molecule has 0 bridgehead atoms. The van der Waals surface area contributed by atoms with Crippen LogP contribution in [0.15, 0.2) is 33.6 Å². The van der Waals surface area contributed by atoms with Crippen molar-refractivity contribution in [2.75, 3.05) is 19.6 Å². The minimum Gasteiger partial charge on any atom is -0.330 e.